The van der Waals surface area contributed by atoms with Gasteiger partial charge in [-0.3, -0.25) is 9.78 Å². The van der Waals surface area contributed by atoms with Crippen LogP contribution in [0.1, 0.15) is 6.42 Å². The van der Waals surface area contributed by atoms with Crippen molar-refractivity contribution in [3.05, 3.63) is 30.5 Å². The summed E-state index contributed by atoms with van der Waals surface area (Å²) in [5.74, 6) is 0.763. The van der Waals surface area contributed by atoms with Crippen molar-refractivity contribution in [1.29, 1.82) is 0 Å². The first-order valence-corrected chi connectivity index (χ1v) is 7.85. The molecule has 24 heavy (non-hydrogen) atoms. The molecule has 1 amide bonds. The number of aromatic nitrogens is 4. The van der Waals surface area contributed by atoms with E-state index < -0.39 is 6.09 Å². The van der Waals surface area contributed by atoms with Crippen LogP contribution in [0.2, 0.25) is 0 Å². The van der Waals surface area contributed by atoms with Crippen LogP contribution >= 0.6 is 0 Å². The zero-order chi connectivity index (χ0) is 16.4. The van der Waals surface area contributed by atoms with Gasteiger partial charge in [-0.05, 0) is 30.7 Å². The number of carbonyl (C=O) groups excluding carboxylic acids is 1. The Morgan fingerprint density at radius 2 is 2.12 bits per heavy atom. The normalized spacial score (nSPS) is 15.8. The molecule has 1 aromatic carbocycles. The van der Waals surface area contributed by atoms with Crippen LogP contribution < -0.4 is 10.1 Å². The Bertz CT molecular complexity index is 870. The van der Waals surface area contributed by atoms with Crippen molar-refractivity contribution >= 4 is 17.0 Å². The van der Waals surface area contributed by atoms with E-state index in [0.29, 0.717) is 26.1 Å². The lowest BCUT2D eigenvalue weighted by molar-refractivity contribution is 0.140. The van der Waals surface area contributed by atoms with E-state index in [-0.39, 0.29) is 6.61 Å². The first kappa shape index (κ1) is 14.6. The minimum atomic E-state index is -0.425. The molecule has 4 bridgehead atoms. The van der Waals surface area contributed by atoms with Crippen LogP contribution in [0.15, 0.2) is 30.5 Å². The molecule has 0 fully saturated rings. The molecule has 1 aliphatic heterocycles. The summed E-state index contributed by atoms with van der Waals surface area (Å²) in [7, 11) is 0. The second kappa shape index (κ2) is 6.23. The molecule has 0 aliphatic carbocycles. The van der Waals surface area contributed by atoms with Crippen LogP contribution in [0, 0.1) is 0 Å². The fourth-order valence-electron chi connectivity index (χ4n) is 2.63. The number of cyclic esters (lactones) is 1. The lowest BCUT2D eigenvalue weighted by Crippen LogP contribution is -2.27. The third-order valence-corrected chi connectivity index (χ3v) is 3.83. The summed E-state index contributed by atoms with van der Waals surface area (Å²) < 4.78 is 12.6. The average Bonchev–Trinajstić information content (AvgIpc) is 3.20. The summed E-state index contributed by atoms with van der Waals surface area (Å²) in [6.45, 7) is 1.76. The van der Waals surface area contributed by atoms with Gasteiger partial charge in [-0.25, -0.2) is 4.79 Å². The number of nitrogens with one attached hydrogen (secondary N) is 2. The Hall–Kier alpha value is -3.03. The minimum absolute atomic E-state index is 0.259. The maximum atomic E-state index is 11.6. The van der Waals surface area contributed by atoms with E-state index in [9.17, 15) is 4.79 Å². The summed E-state index contributed by atoms with van der Waals surface area (Å²) >= 11 is 0. The van der Waals surface area contributed by atoms with E-state index in [0.717, 1.165) is 28.0 Å². The maximum Gasteiger partial charge on any atom is 0.407 e. The topological polar surface area (TPSA) is 94.1 Å². The number of carbonyl (C=O) groups is 1. The summed E-state index contributed by atoms with van der Waals surface area (Å²) in [5.41, 5.74) is 2.47. The van der Waals surface area contributed by atoms with Crippen LogP contribution in [0.4, 0.5) is 4.79 Å². The number of fused-ring (bicyclic) bond motifs is 4. The van der Waals surface area contributed by atoms with Crippen molar-refractivity contribution in [3.63, 3.8) is 0 Å². The van der Waals surface area contributed by atoms with Crippen LogP contribution in [0.3, 0.4) is 0 Å². The molecule has 2 aromatic heterocycles. The number of H-pyrrole nitrogens is 1. The molecule has 8 nitrogen and oxygen atoms in total. The quantitative estimate of drug-likeness (QED) is 0.658. The van der Waals surface area contributed by atoms with Crippen molar-refractivity contribution in [2.75, 3.05) is 19.8 Å². The molecular weight excluding hydrogens is 310 g/mol. The van der Waals surface area contributed by atoms with E-state index in [4.69, 9.17) is 9.47 Å². The molecule has 3 heterocycles. The van der Waals surface area contributed by atoms with E-state index in [1.165, 1.54) is 0 Å². The second-order valence-corrected chi connectivity index (χ2v) is 5.51. The van der Waals surface area contributed by atoms with Crippen molar-refractivity contribution in [1.82, 2.24) is 25.3 Å². The molecule has 0 atom stereocenters. The first-order valence-electron chi connectivity index (χ1n) is 7.85. The van der Waals surface area contributed by atoms with Gasteiger partial charge in [-0.15, -0.1) is 0 Å². The van der Waals surface area contributed by atoms with Gasteiger partial charge in [0.2, 0.25) is 0 Å². The lowest BCUT2D eigenvalue weighted by atomic mass is 10.1. The number of benzene rings is 1. The number of hydrogen-bond acceptors (Lipinski definition) is 5. The van der Waals surface area contributed by atoms with Gasteiger partial charge < -0.3 is 14.8 Å². The summed E-state index contributed by atoms with van der Waals surface area (Å²) in [6, 6.07) is 7.69. The SMILES string of the molecule is O=C1NCCCOc2ccc3[nH]nc(c3c2)-c2ccn(n2)CCO1. The van der Waals surface area contributed by atoms with Gasteiger partial charge in [0.25, 0.3) is 0 Å². The Balaban J connectivity index is 1.69. The van der Waals surface area contributed by atoms with Crippen LogP contribution in [0.5, 0.6) is 5.75 Å². The Morgan fingerprint density at radius 1 is 1.17 bits per heavy atom. The third kappa shape index (κ3) is 2.90. The summed E-state index contributed by atoms with van der Waals surface area (Å²) in [5, 5.41) is 15.5. The number of rotatable bonds is 0. The molecule has 0 spiro atoms. The number of aromatic amines is 1. The van der Waals surface area contributed by atoms with Gasteiger partial charge in [0, 0.05) is 18.1 Å². The Kier molecular flexibility index (Phi) is 3.78. The predicted octanol–water partition coefficient (Wildman–Crippen LogP) is 1.94. The Labute approximate surface area is 137 Å². The highest BCUT2D eigenvalue weighted by atomic mass is 16.5. The lowest BCUT2D eigenvalue weighted by Gasteiger charge is -2.09. The molecule has 3 aromatic rings. The highest BCUT2D eigenvalue weighted by Crippen LogP contribution is 2.28. The molecule has 4 rings (SSSR count). The van der Waals surface area contributed by atoms with E-state index >= 15 is 0 Å². The fourth-order valence-corrected chi connectivity index (χ4v) is 2.63. The first-order chi connectivity index (χ1) is 11.8. The minimum Gasteiger partial charge on any atom is -0.494 e. The molecule has 124 valence electrons. The van der Waals surface area contributed by atoms with Gasteiger partial charge in [0.15, 0.2) is 0 Å². The number of nitrogens with zero attached hydrogens (tertiary/aromatic N) is 3. The second-order valence-electron chi connectivity index (χ2n) is 5.51. The van der Waals surface area contributed by atoms with Gasteiger partial charge in [-0.1, -0.05) is 0 Å². The summed E-state index contributed by atoms with van der Waals surface area (Å²) in [6.07, 6.45) is 2.12. The van der Waals surface area contributed by atoms with Crippen LogP contribution in [0.25, 0.3) is 22.3 Å². The zero-order valence-electron chi connectivity index (χ0n) is 13.0. The molecule has 0 saturated carbocycles. The molecule has 0 saturated heterocycles. The van der Waals surface area contributed by atoms with Crippen molar-refractivity contribution in [2.24, 2.45) is 0 Å². The zero-order valence-corrected chi connectivity index (χ0v) is 13.0. The highest BCUT2D eigenvalue weighted by Gasteiger charge is 2.13. The molecule has 8 heteroatoms. The van der Waals surface area contributed by atoms with Crippen molar-refractivity contribution in [3.8, 4) is 17.1 Å². The molecule has 1 aliphatic rings. The third-order valence-electron chi connectivity index (χ3n) is 3.83. The standard InChI is InChI=1S/C16H17N5O3/c22-16-17-5-1-8-23-11-2-3-13-12(10-11)15(19-18-13)14-4-6-21(20-14)7-9-24-16/h2-4,6,10H,1,5,7-9H2,(H,17,22)(H,18,19). The van der Waals surface area contributed by atoms with Crippen LogP contribution in [-0.2, 0) is 11.3 Å². The molecule has 0 unspecified atom stereocenters. The van der Waals surface area contributed by atoms with Gasteiger partial charge in [0.1, 0.15) is 23.7 Å². The van der Waals surface area contributed by atoms with Crippen molar-refractivity contribution in [2.45, 2.75) is 13.0 Å². The van der Waals surface area contributed by atoms with Crippen LogP contribution in [-0.4, -0.2) is 45.8 Å². The van der Waals surface area contributed by atoms with Gasteiger partial charge in [-0.2, -0.15) is 10.2 Å². The van der Waals surface area contributed by atoms with E-state index in [1.54, 1.807) is 4.68 Å². The predicted molar refractivity (Wildman–Crippen MR) is 86.8 cm³/mol. The molecule has 0 radical (unpaired) electrons. The number of alkyl carbamates (subject to hydrolysis) is 1. The average molecular weight is 327 g/mol. The molecular formula is C16H17N5O3. The Morgan fingerprint density at radius 3 is 3.08 bits per heavy atom. The number of amides is 1. The highest BCUT2D eigenvalue weighted by molar-refractivity contribution is 5.92. The van der Waals surface area contributed by atoms with E-state index in [1.807, 2.05) is 30.5 Å². The number of ether oxygens (including phenoxy) is 2. The smallest absolute Gasteiger partial charge is 0.407 e. The number of hydrogen-bond donors (Lipinski definition) is 2. The maximum absolute atomic E-state index is 11.6. The van der Waals surface area contributed by atoms with Crippen molar-refractivity contribution < 1.29 is 14.3 Å². The van der Waals surface area contributed by atoms with Gasteiger partial charge >= 0.3 is 6.09 Å². The monoisotopic (exact) mass is 327 g/mol. The summed E-state index contributed by atoms with van der Waals surface area (Å²) in [4.78, 5) is 11.6. The van der Waals surface area contributed by atoms with Gasteiger partial charge in [0.05, 0.1) is 18.7 Å². The molecule has 2 N–H and O–H groups in total. The largest absolute Gasteiger partial charge is 0.494 e. The van der Waals surface area contributed by atoms with E-state index in [2.05, 4.69) is 20.6 Å². The fraction of sp³-hybridized carbons (Fsp3) is 0.312.